The third-order valence-electron chi connectivity index (χ3n) is 5.42. The number of hydrogen-bond donors (Lipinski definition) is 1. The van der Waals surface area contributed by atoms with Crippen LogP contribution in [0.15, 0.2) is 64.1 Å². The standard InChI is InChI=1S/C22H20N6O3S/c1-14-24-12-19(20(23)25-14)21-26-22(31-27-21)16-7-4-8-18(11-16)32(29,30)28-10-9-15-5-2-3-6-17(15)13-28/h2-8,11-12H,9-10,13H2,1H3,(H2,23,24,25). The second-order valence-corrected chi connectivity index (χ2v) is 9.46. The maximum atomic E-state index is 13.3. The number of hydrogen-bond acceptors (Lipinski definition) is 8. The molecule has 0 unspecified atom stereocenters. The number of aryl methyl sites for hydroxylation is 1. The predicted octanol–water partition coefficient (Wildman–Crippen LogP) is 2.83. The average molecular weight is 449 g/mol. The molecule has 0 atom stereocenters. The molecule has 162 valence electrons. The Morgan fingerprint density at radius 2 is 1.88 bits per heavy atom. The van der Waals surface area contributed by atoms with E-state index in [0.29, 0.717) is 36.5 Å². The summed E-state index contributed by atoms with van der Waals surface area (Å²) in [5.41, 5.74) is 9.09. The number of nitrogens with zero attached hydrogens (tertiary/aromatic N) is 5. The molecule has 1 aliphatic rings. The molecular weight excluding hydrogens is 428 g/mol. The van der Waals surface area contributed by atoms with Gasteiger partial charge in [-0.25, -0.2) is 18.4 Å². The Kier molecular flexibility index (Phi) is 4.95. The summed E-state index contributed by atoms with van der Waals surface area (Å²) in [6.45, 7) is 2.51. The summed E-state index contributed by atoms with van der Waals surface area (Å²) in [5.74, 6) is 1.19. The van der Waals surface area contributed by atoms with Crippen LogP contribution in [-0.4, -0.2) is 39.4 Å². The van der Waals surface area contributed by atoms with Crippen molar-refractivity contribution in [2.45, 2.75) is 24.8 Å². The van der Waals surface area contributed by atoms with Gasteiger partial charge in [0.05, 0.1) is 10.5 Å². The Hall–Kier alpha value is -3.63. The Morgan fingerprint density at radius 3 is 2.69 bits per heavy atom. The first-order valence-electron chi connectivity index (χ1n) is 10.0. The topological polar surface area (TPSA) is 128 Å². The van der Waals surface area contributed by atoms with Crippen LogP contribution in [0, 0.1) is 6.92 Å². The fourth-order valence-electron chi connectivity index (χ4n) is 3.72. The summed E-state index contributed by atoms with van der Waals surface area (Å²) in [4.78, 5) is 12.8. The Labute approximate surface area is 185 Å². The zero-order valence-electron chi connectivity index (χ0n) is 17.3. The molecule has 2 aromatic heterocycles. The van der Waals surface area contributed by atoms with Crippen LogP contribution in [0.4, 0.5) is 5.82 Å². The van der Waals surface area contributed by atoms with E-state index < -0.39 is 10.0 Å². The zero-order chi connectivity index (χ0) is 22.3. The van der Waals surface area contributed by atoms with Crippen LogP contribution in [0.1, 0.15) is 17.0 Å². The van der Waals surface area contributed by atoms with Crippen molar-refractivity contribution in [3.63, 3.8) is 0 Å². The van der Waals surface area contributed by atoms with E-state index >= 15 is 0 Å². The van der Waals surface area contributed by atoms with Crippen LogP contribution < -0.4 is 5.73 Å². The highest BCUT2D eigenvalue weighted by molar-refractivity contribution is 7.89. The van der Waals surface area contributed by atoms with Crippen molar-refractivity contribution in [1.82, 2.24) is 24.4 Å². The summed E-state index contributed by atoms with van der Waals surface area (Å²) in [5, 5.41) is 3.95. The molecular formula is C22H20N6O3S. The number of nitrogen functional groups attached to an aromatic ring is 1. The lowest BCUT2D eigenvalue weighted by Gasteiger charge is -2.28. The van der Waals surface area contributed by atoms with Crippen molar-refractivity contribution < 1.29 is 12.9 Å². The maximum absolute atomic E-state index is 13.3. The molecule has 10 heteroatoms. The van der Waals surface area contributed by atoms with Crippen molar-refractivity contribution in [3.8, 4) is 22.8 Å². The number of aromatic nitrogens is 4. The quantitative estimate of drug-likeness (QED) is 0.505. The molecule has 0 radical (unpaired) electrons. The van der Waals surface area contributed by atoms with Crippen molar-refractivity contribution in [3.05, 3.63) is 71.7 Å². The number of sulfonamides is 1. The minimum atomic E-state index is -3.69. The van der Waals surface area contributed by atoms with E-state index in [4.69, 9.17) is 10.3 Å². The van der Waals surface area contributed by atoms with Gasteiger partial charge in [-0.2, -0.15) is 9.29 Å². The lowest BCUT2D eigenvalue weighted by atomic mass is 10.0. The monoisotopic (exact) mass is 448 g/mol. The van der Waals surface area contributed by atoms with Gasteiger partial charge >= 0.3 is 0 Å². The SMILES string of the molecule is Cc1ncc(-c2noc(-c3cccc(S(=O)(=O)N4CCc5ccccc5C4)c3)n2)c(N)n1. The molecule has 0 saturated heterocycles. The molecule has 4 aromatic rings. The van der Waals surface area contributed by atoms with E-state index in [9.17, 15) is 8.42 Å². The van der Waals surface area contributed by atoms with Gasteiger partial charge in [0, 0.05) is 24.8 Å². The minimum absolute atomic E-state index is 0.173. The van der Waals surface area contributed by atoms with E-state index in [1.54, 1.807) is 31.2 Å². The molecule has 32 heavy (non-hydrogen) atoms. The van der Waals surface area contributed by atoms with Crippen LogP contribution in [0.5, 0.6) is 0 Å². The predicted molar refractivity (Wildman–Crippen MR) is 118 cm³/mol. The fourth-order valence-corrected chi connectivity index (χ4v) is 5.19. The van der Waals surface area contributed by atoms with Gasteiger partial charge in [0.25, 0.3) is 5.89 Å². The molecule has 0 fully saturated rings. The molecule has 1 aliphatic heterocycles. The fraction of sp³-hybridized carbons (Fsp3) is 0.182. The molecule has 2 aromatic carbocycles. The number of anilines is 1. The molecule has 2 N–H and O–H groups in total. The summed E-state index contributed by atoms with van der Waals surface area (Å²) in [7, 11) is -3.69. The lowest BCUT2D eigenvalue weighted by Crippen LogP contribution is -2.35. The van der Waals surface area contributed by atoms with Gasteiger partial charge in [-0.15, -0.1) is 0 Å². The molecule has 0 spiro atoms. The Bertz CT molecular complexity index is 1420. The summed E-state index contributed by atoms with van der Waals surface area (Å²) in [6.07, 6.45) is 2.21. The van der Waals surface area contributed by atoms with Gasteiger partial charge < -0.3 is 10.3 Å². The number of benzene rings is 2. The molecule has 5 rings (SSSR count). The van der Waals surface area contributed by atoms with Crippen molar-refractivity contribution >= 4 is 15.8 Å². The third kappa shape index (κ3) is 3.63. The molecule has 3 heterocycles. The van der Waals surface area contributed by atoms with Gasteiger partial charge in [0.1, 0.15) is 11.6 Å². The van der Waals surface area contributed by atoms with Crippen LogP contribution in [-0.2, 0) is 23.0 Å². The van der Waals surface area contributed by atoms with E-state index in [-0.39, 0.29) is 22.4 Å². The van der Waals surface area contributed by atoms with E-state index in [2.05, 4.69) is 20.1 Å². The molecule has 0 amide bonds. The van der Waals surface area contributed by atoms with Crippen molar-refractivity contribution in [2.24, 2.45) is 0 Å². The first kappa shape index (κ1) is 20.3. The van der Waals surface area contributed by atoms with Crippen molar-refractivity contribution in [2.75, 3.05) is 12.3 Å². The first-order chi connectivity index (χ1) is 15.4. The van der Waals surface area contributed by atoms with Gasteiger partial charge in [0.2, 0.25) is 15.8 Å². The average Bonchev–Trinajstić information content (AvgIpc) is 3.29. The van der Waals surface area contributed by atoms with Crippen molar-refractivity contribution in [1.29, 1.82) is 0 Å². The van der Waals surface area contributed by atoms with Gasteiger partial charge in [-0.05, 0) is 42.7 Å². The Balaban J connectivity index is 1.45. The van der Waals surface area contributed by atoms with E-state index in [0.717, 1.165) is 5.56 Å². The van der Waals surface area contributed by atoms with Crippen LogP contribution >= 0.6 is 0 Å². The second kappa shape index (κ2) is 7.81. The Morgan fingerprint density at radius 1 is 1.06 bits per heavy atom. The van der Waals surface area contributed by atoms with E-state index in [1.807, 2.05) is 24.3 Å². The smallest absolute Gasteiger partial charge is 0.258 e. The molecule has 0 aliphatic carbocycles. The normalized spacial score (nSPS) is 14.3. The van der Waals surface area contributed by atoms with Gasteiger partial charge in [-0.3, -0.25) is 0 Å². The first-order valence-corrected chi connectivity index (χ1v) is 11.5. The van der Waals surface area contributed by atoms with E-state index in [1.165, 1.54) is 16.1 Å². The zero-order valence-corrected chi connectivity index (χ0v) is 18.1. The number of nitrogens with two attached hydrogens (primary N) is 1. The minimum Gasteiger partial charge on any atom is -0.383 e. The lowest BCUT2D eigenvalue weighted by molar-refractivity contribution is 0.391. The van der Waals surface area contributed by atoms with Gasteiger partial charge in [0.15, 0.2) is 0 Å². The molecule has 0 bridgehead atoms. The second-order valence-electron chi connectivity index (χ2n) is 7.52. The molecule has 9 nitrogen and oxygen atoms in total. The maximum Gasteiger partial charge on any atom is 0.258 e. The summed E-state index contributed by atoms with van der Waals surface area (Å²) in [6, 6.07) is 14.4. The number of rotatable bonds is 4. The third-order valence-corrected chi connectivity index (χ3v) is 7.26. The highest BCUT2D eigenvalue weighted by Crippen LogP contribution is 2.29. The van der Waals surface area contributed by atoms with Crippen LogP contribution in [0.2, 0.25) is 0 Å². The highest BCUT2D eigenvalue weighted by Gasteiger charge is 2.28. The summed E-state index contributed by atoms with van der Waals surface area (Å²) < 4.78 is 33.5. The number of fused-ring (bicyclic) bond motifs is 1. The largest absolute Gasteiger partial charge is 0.383 e. The highest BCUT2D eigenvalue weighted by atomic mass is 32.2. The van der Waals surface area contributed by atoms with Gasteiger partial charge in [-0.1, -0.05) is 35.5 Å². The van der Waals surface area contributed by atoms with Crippen LogP contribution in [0.3, 0.4) is 0 Å². The summed E-state index contributed by atoms with van der Waals surface area (Å²) >= 11 is 0. The van der Waals surface area contributed by atoms with Crippen LogP contribution in [0.25, 0.3) is 22.8 Å². The molecule has 0 saturated carbocycles.